The standard InChI is InChI=1S/C13H18IN3O2/c1-16(2)13(6-3-7-13)9-15-11-5-4-10(14)8-12(11)17(18)19/h4-5,8,15H,3,6-7,9H2,1-2H3. The molecule has 0 heterocycles. The summed E-state index contributed by atoms with van der Waals surface area (Å²) in [6.45, 7) is 0.751. The fourth-order valence-electron chi connectivity index (χ4n) is 2.43. The highest BCUT2D eigenvalue weighted by molar-refractivity contribution is 14.1. The molecule has 6 heteroatoms. The van der Waals surface area contributed by atoms with Crippen LogP contribution in [0, 0.1) is 13.7 Å². The van der Waals surface area contributed by atoms with Crippen LogP contribution in [0.2, 0.25) is 0 Å². The molecule has 1 fully saturated rings. The number of nitrogens with one attached hydrogen (secondary N) is 1. The minimum Gasteiger partial charge on any atom is -0.378 e. The molecule has 0 radical (unpaired) electrons. The van der Waals surface area contributed by atoms with Crippen molar-refractivity contribution in [3.8, 4) is 0 Å². The van der Waals surface area contributed by atoms with E-state index in [1.807, 2.05) is 6.07 Å². The summed E-state index contributed by atoms with van der Waals surface area (Å²) in [7, 11) is 4.15. The van der Waals surface area contributed by atoms with E-state index in [1.54, 1.807) is 12.1 Å². The zero-order chi connectivity index (χ0) is 14.0. The average molecular weight is 375 g/mol. The molecule has 5 nitrogen and oxygen atoms in total. The SMILES string of the molecule is CN(C)C1(CNc2ccc(I)cc2[N+](=O)[O-])CCC1. The predicted octanol–water partition coefficient (Wildman–Crippen LogP) is 3.10. The second kappa shape index (κ2) is 5.62. The van der Waals surface area contributed by atoms with Crippen molar-refractivity contribution in [3.05, 3.63) is 31.9 Å². The highest BCUT2D eigenvalue weighted by atomic mass is 127. The largest absolute Gasteiger partial charge is 0.378 e. The molecule has 19 heavy (non-hydrogen) atoms. The van der Waals surface area contributed by atoms with Gasteiger partial charge in [0.2, 0.25) is 0 Å². The molecular formula is C13H18IN3O2. The van der Waals surface area contributed by atoms with E-state index in [2.05, 4.69) is 46.9 Å². The molecule has 1 N–H and O–H groups in total. The summed E-state index contributed by atoms with van der Waals surface area (Å²) in [6, 6.07) is 5.28. The quantitative estimate of drug-likeness (QED) is 0.488. The third-order valence-corrected chi connectivity index (χ3v) is 4.67. The van der Waals surface area contributed by atoms with Crippen molar-refractivity contribution in [2.24, 2.45) is 0 Å². The smallest absolute Gasteiger partial charge is 0.293 e. The highest BCUT2D eigenvalue weighted by Gasteiger charge is 2.39. The second-order valence-electron chi connectivity index (χ2n) is 5.24. The van der Waals surface area contributed by atoms with Gasteiger partial charge < -0.3 is 10.2 Å². The Morgan fingerprint density at radius 1 is 1.47 bits per heavy atom. The van der Waals surface area contributed by atoms with Crippen LogP contribution in [0.15, 0.2) is 18.2 Å². The monoisotopic (exact) mass is 375 g/mol. The van der Waals surface area contributed by atoms with Crippen LogP contribution < -0.4 is 5.32 Å². The van der Waals surface area contributed by atoms with E-state index in [1.165, 1.54) is 6.42 Å². The summed E-state index contributed by atoms with van der Waals surface area (Å²) in [4.78, 5) is 13.0. The summed E-state index contributed by atoms with van der Waals surface area (Å²) in [5, 5.41) is 14.3. The number of nitrogens with zero attached hydrogens (tertiary/aromatic N) is 2. The molecular weight excluding hydrogens is 357 g/mol. The lowest BCUT2D eigenvalue weighted by atomic mass is 9.75. The van der Waals surface area contributed by atoms with Crippen LogP contribution in [0.3, 0.4) is 0 Å². The number of likely N-dealkylation sites (N-methyl/N-ethyl adjacent to an activating group) is 1. The van der Waals surface area contributed by atoms with Crippen LogP contribution in [0.1, 0.15) is 19.3 Å². The molecule has 1 aromatic carbocycles. The van der Waals surface area contributed by atoms with Crippen molar-refractivity contribution in [2.45, 2.75) is 24.8 Å². The lowest BCUT2D eigenvalue weighted by molar-refractivity contribution is -0.384. The minimum atomic E-state index is -0.326. The van der Waals surface area contributed by atoms with E-state index in [0.29, 0.717) is 5.69 Å². The first-order valence-electron chi connectivity index (χ1n) is 6.30. The Hall–Kier alpha value is -0.890. The lowest BCUT2D eigenvalue weighted by Crippen LogP contribution is -2.54. The Morgan fingerprint density at radius 2 is 2.16 bits per heavy atom. The lowest BCUT2D eigenvalue weighted by Gasteiger charge is -2.47. The fourth-order valence-corrected chi connectivity index (χ4v) is 2.91. The fraction of sp³-hybridized carbons (Fsp3) is 0.538. The molecule has 104 valence electrons. The van der Waals surface area contributed by atoms with Crippen LogP contribution in [-0.4, -0.2) is 36.0 Å². The van der Waals surface area contributed by atoms with Gasteiger partial charge in [-0.1, -0.05) is 0 Å². The van der Waals surface area contributed by atoms with E-state index >= 15 is 0 Å². The molecule has 2 rings (SSSR count). The molecule has 0 aromatic heterocycles. The van der Waals surface area contributed by atoms with Gasteiger partial charge in [0, 0.05) is 21.7 Å². The van der Waals surface area contributed by atoms with Gasteiger partial charge in [0.1, 0.15) is 5.69 Å². The molecule has 0 amide bonds. The molecule has 0 saturated heterocycles. The Kier molecular flexibility index (Phi) is 4.29. The van der Waals surface area contributed by atoms with Gasteiger partial charge in [-0.3, -0.25) is 10.1 Å². The maximum atomic E-state index is 11.1. The number of rotatable bonds is 5. The van der Waals surface area contributed by atoms with Gasteiger partial charge >= 0.3 is 0 Å². The number of anilines is 1. The number of hydrogen-bond acceptors (Lipinski definition) is 4. The van der Waals surface area contributed by atoms with Gasteiger partial charge in [-0.15, -0.1) is 0 Å². The van der Waals surface area contributed by atoms with Gasteiger partial charge in [-0.25, -0.2) is 0 Å². The van der Waals surface area contributed by atoms with Gasteiger partial charge in [-0.2, -0.15) is 0 Å². The number of halogens is 1. The Labute approximate surface area is 126 Å². The molecule has 0 aliphatic heterocycles. The van der Waals surface area contributed by atoms with E-state index in [9.17, 15) is 10.1 Å². The topological polar surface area (TPSA) is 58.4 Å². The molecule has 0 bridgehead atoms. The number of nitro groups is 1. The van der Waals surface area contributed by atoms with Gasteiger partial charge in [-0.05, 0) is 68.1 Å². The van der Waals surface area contributed by atoms with Crippen molar-refractivity contribution in [1.82, 2.24) is 4.90 Å². The third kappa shape index (κ3) is 3.00. The summed E-state index contributed by atoms with van der Waals surface area (Å²) in [6.07, 6.45) is 3.52. The number of nitro benzene ring substituents is 1. The van der Waals surface area contributed by atoms with Gasteiger partial charge in [0.05, 0.1) is 4.92 Å². The third-order valence-electron chi connectivity index (χ3n) is 4.00. The Bertz CT molecular complexity index is 487. The Balaban J connectivity index is 2.13. The van der Waals surface area contributed by atoms with Crippen molar-refractivity contribution in [3.63, 3.8) is 0 Å². The van der Waals surface area contributed by atoms with E-state index in [-0.39, 0.29) is 16.1 Å². The first-order valence-corrected chi connectivity index (χ1v) is 7.38. The first kappa shape index (κ1) is 14.5. The van der Waals surface area contributed by atoms with Crippen molar-refractivity contribution in [1.29, 1.82) is 0 Å². The molecule has 0 unspecified atom stereocenters. The van der Waals surface area contributed by atoms with Crippen LogP contribution >= 0.6 is 22.6 Å². The molecule has 1 aliphatic rings. The molecule has 0 atom stereocenters. The van der Waals surface area contributed by atoms with E-state index in [0.717, 1.165) is 23.0 Å². The zero-order valence-corrected chi connectivity index (χ0v) is 13.3. The summed E-state index contributed by atoms with van der Waals surface area (Å²) in [5.74, 6) is 0. The molecule has 1 saturated carbocycles. The number of hydrogen-bond donors (Lipinski definition) is 1. The first-order chi connectivity index (χ1) is 8.94. The van der Waals surface area contributed by atoms with Gasteiger partial charge in [0.15, 0.2) is 0 Å². The Morgan fingerprint density at radius 3 is 2.63 bits per heavy atom. The second-order valence-corrected chi connectivity index (χ2v) is 6.49. The zero-order valence-electron chi connectivity index (χ0n) is 11.1. The van der Waals surface area contributed by atoms with E-state index in [4.69, 9.17) is 0 Å². The summed E-state index contributed by atoms with van der Waals surface area (Å²) in [5.41, 5.74) is 0.912. The van der Waals surface area contributed by atoms with Crippen LogP contribution in [-0.2, 0) is 0 Å². The molecule has 1 aromatic rings. The average Bonchev–Trinajstić information content (AvgIpc) is 2.28. The van der Waals surface area contributed by atoms with Gasteiger partial charge in [0.25, 0.3) is 5.69 Å². The van der Waals surface area contributed by atoms with Crippen LogP contribution in [0.25, 0.3) is 0 Å². The molecule has 0 spiro atoms. The normalized spacial score (nSPS) is 17.1. The summed E-state index contributed by atoms with van der Waals surface area (Å²) >= 11 is 2.09. The van der Waals surface area contributed by atoms with Crippen molar-refractivity contribution >= 4 is 34.0 Å². The molecule has 1 aliphatic carbocycles. The highest BCUT2D eigenvalue weighted by Crippen LogP contribution is 2.37. The van der Waals surface area contributed by atoms with Crippen LogP contribution in [0.5, 0.6) is 0 Å². The van der Waals surface area contributed by atoms with Crippen LogP contribution in [0.4, 0.5) is 11.4 Å². The van der Waals surface area contributed by atoms with E-state index < -0.39 is 0 Å². The maximum Gasteiger partial charge on any atom is 0.293 e. The number of benzene rings is 1. The van der Waals surface area contributed by atoms with Crippen molar-refractivity contribution < 1.29 is 4.92 Å². The minimum absolute atomic E-state index is 0.150. The summed E-state index contributed by atoms with van der Waals surface area (Å²) < 4.78 is 0.876. The van der Waals surface area contributed by atoms with Crippen molar-refractivity contribution in [2.75, 3.05) is 26.0 Å². The predicted molar refractivity (Wildman–Crippen MR) is 84.6 cm³/mol. The maximum absolute atomic E-state index is 11.1.